The van der Waals surface area contributed by atoms with E-state index in [9.17, 15) is 0 Å². The lowest BCUT2D eigenvalue weighted by Gasteiger charge is -2.12. The maximum absolute atomic E-state index is 6.17. The maximum Gasteiger partial charge on any atom is 0.138 e. The maximum atomic E-state index is 6.17. The molecular formula is C19H22Cl2N2O2. The number of hydrogen-bond donors (Lipinski definition) is 0. The van der Waals surface area contributed by atoms with Gasteiger partial charge < -0.3 is 14.0 Å². The third-order valence-electron chi connectivity index (χ3n) is 4.34. The summed E-state index contributed by atoms with van der Waals surface area (Å²) in [6.07, 6.45) is 1.83. The van der Waals surface area contributed by atoms with E-state index in [0.29, 0.717) is 24.0 Å². The SMILES string of the molecule is COCCn1c(C)c(C)c2ccnc(COc3ccccc3Cl)c21.Cl. The highest BCUT2D eigenvalue weighted by atomic mass is 35.5. The first-order valence-electron chi connectivity index (χ1n) is 7.93. The van der Waals surface area contributed by atoms with Crippen molar-refractivity contribution in [1.82, 2.24) is 9.55 Å². The molecule has 1 aromatic carbocycles. The van der Waals surface area contributed by atoms with Gasteiger partial charge in [0.05, 0.1) is 17.1 Å². The summed E-state index contributed by atoms with van der Waals surface area (Å²) in [6, 6.07) is 9.53. The first-order valence-corrected chi connectivity index (χ1v) is 8.30. The van der Waals surface area contributed by atoms with Crippen molar-refractivity contribution in [1.29, 1.82) is 0 Å². The van der Waals surface area contributed by atoms with Crippen LogP contribution in [0.4, 0.5) is 0 Å². The molecule has 0 N–H and O–H groups in total. The van der Waals surface area contributed by atoms with Crippen molar-refractivity contribution in [3.05, 3.63) is 58.5 Å². The number of methoxy groups -OCH3 is 1. The lowest BCUT2D eigenvalue weighted by molar-refractivity contribution is 0.187. The first-order chi connectivity index (χ1) is 11.6. The molecule has 134 valence electrons. The van der Waals surface area contributed by atoms with Gasteiger partial charge in [-0.2, -0.15) is 0 Å². The second kappa shape index (κ2) is 8.56. The second-order valence-corrected chi connectivity index (χ2v) is 6.13. The number of benzene rings is 1. The van der Waals surface area contributed by atoms with Crippen LogP contribution in [0.5, 0.6) is 5.75 Å². The van der Waals surface area contributed by atoms with Gasteiger partial charge in [-0.05, 0) is 37.6 Å². The molecule has 0 unspecified atom stereocenters. The Kier molecular flexibility index (Phi) is 6.71. The Morgan fingerprint density at radius 2 is 1.92 bits per heavy atom. The molecule has 0 radical (unpaired) electrons. The molecule has 0 atom stereocenters. The molecule has 0 amide bonds. The summed E-state index contributed by atoms with van der Waals surface area (Å²) in [4.78, 5) is 4.55. The number of aryl methyl sites for hydroxylation is 1. The smallest absolute Gasteiger partial charge is 0.138 e. The highest BCUT2D eigenvalue weighted by Crippen LogP contribution is 2.29. The average Bonchev–Trinajstić information content (AvgIpc) is 2.84. The summed E-state index contributed by atoms with van der Waals surface area (Å²) in [5.74, 6) is 0.668. The van der Waals surface area contributed by atoms with Crippen LogP contribution in [0.1, 0.15) is 17.0 Å². The zero-order chi connectivity index (χ0) is 17.1. The highest BCUT2D eigenvalue weighted by molar-refractivity contribution is 6.32. The van der Waals surface area contributed by atoms with Gasteiger partial charge >= 0.3 is 0 Å². The number of pyridine rings is 1. The Bertz CT molecular complexity index is 862. The van der Waals surface area contributed by atoms with E-state index in [2.05, 4.69) is 29.5 Å². The largest absolute Gasteiger partial charge is 0.486 e. The number of aromatic nitrogens is 2. The van der Waals surface area contributed by atoms with Crippen LogP contribution in [-0.4, -0.2) is 23.3 Å². The standard InChI is InChI=1S/C19H21ClN2O2.ClH/c1-13-14(2)22(10-11-23-3)19-15(13)8-9-21-17(19)12-24-18-7-5-4-6-16(18)20;/h4-9H,10-12H2,1-3H3;1H. The molecule has 3 rings (SSSR count). The van der Waals surface area contributed by atoms with Gasteiger partial charge in [-0.3, -0.25) is 4.98 Å². The fraction of sp³-hybridized carbons (Fsp3) is 0.316. The van der Waals surface area contributed by atoms with E-state index >= 15 is 0 Å². The molecule has 0 aliphatic heterocycles. The molecule has 0 aliphatic rings. The predicted molar refractivity (Wildman–Crippen MR) is 104 cm³/mol. The molecule has 2 aromatic heterocycles. The molecule has 0 saturated heterocycles. The molecule has 25 heavy (non-hydrogen) atoms. The van der Waals surface area contributed by atoms with Gasteiger partial charge in [0.2, 0.25) is 0 Å². The second-order valence-electron chi connectivity index (χ2n) is 5.73. The number of halogens is 2. The van der Waals surface area contributed by atoms with Gasteiger partial charge in [0, 0.05) is 30.9 Å². The van der Waals surface area contributed by atoms with Gasteiger partial charge in [-0.15, -0.1) is 12.4 Å². The van der Waals surface area contributed by atoms with E-state index < -0.39 is 0 Å². The lowest BCUT2D eigenvalue weighted by Crippen LogP contribution is -2.09. The third-order valence-corrected chi connectivity index (χ3v) is 4.65. The number of nitrogens with zero attached hydrogens (tertiary/aromatic N) is 2. The molecule has 0 aliphatic carbocycles. The van der Waals surface area contributed by atoms with Crippen LogP contribution < -0.4 is 4.74 Å². The minimum absolute atomic E-state index is 0. The van der Waals surface area contributed by atoms with E-state index in [4.69, 9.17) is 21.1 Å². The Hall–Kier alpha value is -1.75. The Labute approximate surface area is 159 Å². The Morgan fingerprint density at radius 1 is 1.16 bits per heavy atom. The van der Waals surface area contributed by atoms with Crippen molar-refractivity contribution < 1.29 is 9.47 Å². The van der Waals surface area contributed by atoms with Crippen LogP contribution in [0.15, 0.2) is 36.5 Å². The monoisotopic (exact) mass is 380 g/mol. The summed E-state index contributed by atoms with van der Waals surface area (Å²) >= 11 is 6.17. The van der Waals surface area contributed by atoms with Gasteiger partial charge in [-0.25, -0.2) is 0 Å². The minimum Gasteiger partial charge on any atom is -0.486 e. The number of rotatable bonds is 6. The summed E-state index contributed by atoms with van der Waals surface area (Å²) in [5, 5.41) is 1.81. The third kappa shape index (κ3) is 3.92. The number of ether oxygens (including phenoxy) is 2. The first kappa shape index (κ1) is 19.6. The number of para-hydroxylation sites is 1. The Morgan fingerprint density at radius 3 is 2.64 bits per heavy atom. The fourth-order valence-electron chi connectivity index (χ4n) is 2.94. The molecule has 4 nitrogen and oxygen atoms in total. The van der Waals surface area contributed by atoms with Crippen molar-refractivity contribution in [3.63, 3.8) is 0 Å². The minimum atomic E-state index is 0. The summed E-state index contributed by atoms with van der Waals surface area (Å²) in [5.41, 5.74) is 4.51. The Balaban J connectivity index is 0.00000225. The van der Waals surface area contributed by atoms with Crippen molar-refractivity contribution >= 4 is 34.9 Å². The van der Waals surface area contributed by atoms with Gasteiger partial charge in [0.15, 0.2) is 0 Å². The summed E-state index contributed by atoms with van der Waals surface area (Å²) in [6.45, 7) is 6.08. The van der Waals surface area contributed by atoms with Crippen molar-refractivity contribution in [2.24, 2.45) is 0 Å². The van der Waals surface area contributed by atoms with Gasteiger partial charge in [-0.1, -0.05) is 23.7 Å². The molecule has 3 aromatic rings. The highest BCUT2D eigenvalue weighted by Gasteiger charge is 2.15. The van der Waals surface area contributed by atoms with E-state index in [-0.39, 0.29) is 12.4 Å². The normalized spacial score (nSPS) is 10.7. The molecule has 0 spiro atoms. The molecule has 0 fully saturated rings. The predicted octanol–water partition coefficient (Wildman–Crippen LogP) is 4.95. The molecule has 0 saturated carbocycles. The van der Waals surface area contributed by atoms with Gasteiger partial charge in [0.1, 0.15) is 18.1 Å². The van der Waals surface area contributed by atoms with Gasteiger partial charge in [0.25, 0.3) is 0 Å². The van der Waals surface area contributed by atoms with Crippen LogP contribution >= 0.6 is 24.0 Å². The van der Waals surface area contributed by atoms with Crippen LogP contribution in [0, 0.1) is 13.8 Å². The van der Waals surface area contributed by atoms with E-state index in [1.54, 1.807) is 7.11 Å². The molecule has 2 heterocycles. The lowest BCUT2D eigenvalue weighted by atomic mass is 10.2. The molecule has 0 bridgehead atoms. The van der Waals surface area contributed by atoms with Crippen molar-refractivity contribution in [2.75, 3.05) is 13.7 Å². The zero-order valence-electron chi connectivity index (χ0n) is 14.6. The number of hydrogen-bond acceptors (Lipinski definition) is 3. The quantitative estimate of drug-likeness (QED) is 0.606. The topological polar surface area (TPSA) is 36.3 Å². The van der Waals surface area contributed by atoms with Crippen LogP contribution in [0.2, 0.25) is 5.02 Å². The van der Waals surface area contributed by atoms with Crippen LogP contribution in [0.3, 0.4) is 0 Å². The van der Waals surface area contributed by atoms with Crippen molar-refractivity contribution in [3.8, 4) is 5.75 Å². The fourth-order valence-corrected chi connectivity index (χ4v) is 3.13. The molecule has 6 heteroatoms. The van der Waals surface area contributed by atoms with Crippen LogP contribution in [0.25, 0.3) is 10.9 Å². The number of fused-ring (bicyclic) bond motifs is 1. The average molecular weight is 381 g/mol. The van der Waals surface area contributed by atoms with E-state index in [1.165, 1.54) is 16.6 Å². The van der Waals surface area contributed by atoms with Crippen LogP contribution in [-0.2, 0) is 17.9 Å². The summed E-state index contributed by atoms with van der Waals surface area (Å²) in [7, 11) is 1.72. The van der Waals surface area contributed by atoms with E-state index in [0.717, 1.165) is 17.8 Å². The molecular weight excluding hydrogens is 359 g/mol. The summed E-state index contributed by atoms with van der Waals surface area (Å²) < 4.78 is 13.4. The van der Waals surface area contributed by atoms with Crippen molar-refractivity contribution in [2.45, 2.75) is 27.0 Å². The van der Waals surface area contributed by atoms with E-state index in [1.807, 2.05) is 30.5 Å². The zero-order valence-corrected chi connectivity index (χ0v) is 16.2.